The van der Waals surface area contributed by atoms with E-state index >= 15 is 0 Å². The van der Waals surface area contributed by atoms with Gasteiger partial charge < -0.3 is 10.4 Å². The Labute approximate surface area is 132 Å². The van der Waals surface area contributed by atoms with Gasteiger partial charge in [0.25, 0.3) is 0 Å². The summed E-state index contributed by atoms with van der Waals surface area (Å²) in [5.41, 5.74) is 2.64. The second-order valence-electron chi connectivity index (χ2n) is 6.04. The summed E-state index contributed by atoms with van der Waals surface area (Å²) in [6.07, 6.45) is 0.724. The van der Waals surface area contributed by atoms with Crippen molar-refractivity contribution >= 4 is 0 Å². The number of hydrogen-bond acceptors (Lipinski definition) is 3. The van der Waals surface area contributed by atoms with Crippen molar-refractivity contribution in [2.24, 2.45) is 0 Å². The van der Waals surface area contributed by atoms with Gasteiger partial charge in [-0.2, -0.15) is 0 Å². The second-order valence-corrected chi connectivity index (χ2v) is 6.04. The third-order valence-electron chi connectivity index (χ3n) is 4.28. The van der Waals surface area contributed by atoms with Crippen LogP contribution in [0.25, 0.3) is 0 Å². The van der Waals surface area contributed by atoms with Crippen LogP contribution in [0.5, 0.6) is 0 Å². The van der Waals surface area contributed by atoms with Crippen LogP contribution >= 0.6 is 0 Å². The van der Waals surface area contributed by atoms with Crippen LogP contribution in [0.3, 0.4) is 0 Å². The van der Waals surface area contributed by atoms with Gasteiger partial charge in [-0.15, -0.1) is 0 Å². The van der Waals surface area contributed by atoms with Crippen molar-refractivity contribution in [2.75, 3.05) is 19.6 Å². The molecule has 1 aliphatic rings. The third kappa shape index (κ3) is 4.17. The first-order valence-corrected chi connectivity index (χ1v) is 8.03. The standard InChI is InChI=1S/C19H24N2O/c22-19-15-21(13-17-9-5-2-6-10-17)14-18(19)20-12-11-16-7-3-1-4-8-16/h1-10,18-20,22H,11-15H2. The van der Waals surface area contributed by atoms with Crippen molar-refractivity contribution in [3.63, 3.8) is 0 Å². The van der Waals surface area contributed by atoms with Gasteiger partial charge >= 0.3 is 0 Å². The molecule has 3 heteroatoms. The molecule has 0 amide bonds. The molecule has 22 heavy (non-hydrogen) atoms. The van der Waals surface area contributed by atoms with E-state index in [0.29, 0.717) is 0 Å². The van der Waals surface area contributed by atoms with Gasteiger partial charge in [-0.1, -0.05) is 60.7 Å². The lowest BCUT2D eigenvalue weighted by Gasteiger charge is -2.16. The van der Waals surface area contributed by atoms with E-state index in [0.717, 1.165) is 32.6 Å². The van der Waals surface area contributed by atoms with Gasteiger partial charge in [-0.05, 0) is 24.1 Å². The third-order valence-corrected chi connectivity index (χ3v) is 4.28. The maximum absolute atomic E-state index is 10.2. The van der Waals surface area contributed by atoms with Crippen molar-refractivity contribution in [3.05, 3.63) is 71.8 Å². The molecule has 1 fully saturated rings. The quantitative estimate of drug-likeness (QED) is 0.856. The molecule has 2 unspecified atom stereocenters. The fraction of sp³-hybridized carbons (Fsp3) is 0.368. The van der Waals surface area contributed by atoms with E-state index < -0.39 is 0 Å². The number of likely N-dealkylation sites (tertiary alicyclic amines) is 1. The van der Waals surface area contributed by atoms with E-state index in [1.54, 1.807) is 0 Å². The van der Waals surface area contributed by atoms with Crippen molar-refractivity contribution in [1.29, 1.82) is 0 Å². The van der Waals surface area contributed by atoms with Gasteiger partial charge in [0.2, 0.25) is 0 Å². The Balaban J connectivity index is 1.45. The largest absolute Gasteiger partial charge is 0.390 e. The Morgan fingerprint density at radius 1 is 0.909 bits per heavy atom. The molecule has 0 radical (unpaired) electrons. The molecule has 0 saturated carbocycles. The summed E-state index contributed by atoms with van der Waals surface area (Å²) < 4.78 is 0. The molecule has 0 aromatic heterocycles. The van der Waals surface area contributed by atoms with Crippen LogP contribution in [0.4, 0.5) is 0 Å². The van der Waals surface area contributed by atoms with Crippen molar-refractivity contribution in [2.45, 2.75) is 25.1 Å². The fourth-order valence-corrected chi connectivity index (χ4v) is 3.08. The summed E-state index contributed by atoms with van der Waals surface area (Å²) in [6, 6.07) is 21.1. The molecule has 0 bridgehead atoms. The maximum Gasteiger partial charge on any atom is 0.0832 e. The number of benzene rings is 2. The number of rotatable bonds is 6. The van der Waals surface area contributed by atoms with Gasteiger partial charge in [-0.25, -0.2) is 0 Å². The minimum Gasteiger partial charge on any atom is -0.390 e. The average Bonchev–Trinajstić information content (AvgIpc) is 2.89. The first kappa shape index (κ1) is 15.2. The molecule has 1 saturated heterocycles. The summed E-state index contributed by atoms with van der Waals surface area (Å²) in [7, 11) is 0. The van der Waals surface area contributed by atoms with Crippen LogP contribution in [0.2, 0.25) is 0 Å². The van der Waals surface area contributed by atoms with Crippen LogP contribution in [0.15, 0.2) is 60.7 Å². The molecular formula is C19H24N2O. The highest BCUT2D eigenvalue weighted by Crippen LogP contribution is 2.14. The lowest BCUT2D eigenvalue weighted by atomic mass is 10.1. The first-order chi connectivity index (χ1) is 10.8. The zero-order valence-electron chi connectivity index (χ0n) is 12.9. The molecule has 2 atom stereocenters. The SMILES string of the molecule is OC1CN(Cc2ccccc2)CC1NCCc1ccccc1. The number of nitrogens with one attached hydrogen (secondary N) is 1. The molecule has 0 aliphatic carbocycles. The summed E-state index contributed by atoms with van der Waals surface area (Å²) in [6.45, 7) is 3.47. The predicted molar refractivity (Wildman–Crippen MR) is 89.7 cm³/mol. The van der Waals surface area contributed by atoms with Gasteiger partial charge in [0.05, 0.1) is 6.10 Å². The van der Waals surface area contributed by atoms with Gasteiger partial charge in [0.15, 0.2) is 0 Å². The lowest BCUT2D eigenvalue weighted by molar-refractivity contribution is 0.153. The molecular weight excluding hydrogens is 272 g/mol. The van der Waals surface area contributed by atoms with Crippen molar-refractivity contribution in [3.8, 4) is 0 Å². The Morgan fingerprint density at radius 2 is 1.55 bits per heavy atom. The lowest BCUT2D eigenvalue weighted by Crippen LogP contribution is -2.40. The van der Waals surface area contributed by atoms with Crippen LogP contribution in [0.1, 0.15) is 11.1 Å². The number of β-amino-alcohol motifs (C(OH)–C–C–N with tert-alkyl or cyclic N) is 1. The normalized spacial score (nSPS) is 22.0. The molecule has 116 valence electrons. The van der Waals surface area contributed by atoms with Crippen molar-refractivity contribution in [1.82, 2.24) is 10.2 Å². The number of aliphatic hydroxyl groups excluding tert-OH is 1. The molecule has 3 rings (SSSR count). The van der Waals surface area contributed by atoms with Crippen molar-refractivity contribution < 1.29 is 5.11 Å². The number of aliphatic hydroxyl groups is 1. The smallest absolute Gasteiger partial charge is 0.0832 e. The zero-order valence-corrected chi connectivity index (χ0v) is 12.9. The highest BCUT2D eigenvalue weighted by atomic mass is 16.3. The Hall–Kier alpha value is -1.68. The summed E-state index contributed by atoms with van der Waals surface area (Å²) in [4.78, 5) is 2.32. The van der Waals surface area contributed by atoms with Crippen LogP contribution < -0.4 is 5.32 Å². The Morgan fingerprint density at radius 3 is 2.23 bits per heavy atom. The molecule has 2 aromatic carbocycles. The average molecular weight is 296 g/mol. The molecule has 1 aliphatic heterocycles. The Kier molecular flexibility index (Phi) is 5.22. The van der Waals surface area contributed by atoms with E-state index in [2.05, 4.69) is 58.7 Å². The molecule has 2 aromatic rings. The summed E-state index contributed by atoms with van der Waals surface area (Å²) in [5.74, 6) is 0. The highest BCUT2D eigenvalue weighted by Gasteiger charge is 2.30. The summed E-state index contributed by atoms with van der Waals surface area (Å²) >= 11 is 0. The van der Waals surface area contributed by atoms with E-state index in [1.165, 1.54) is 11.1 Å². The zero-order chi connectivity index (χ0) is 15.2. The predicted octanol–water partition coefficient (Wildman–Crippen LogP) is 2.06. The van der Waals surface area contributed by atoms with Crippen LogP contribution in [0, 0.1) is 0 Å². The van der Waals surface area contributed by atoms with E-state index in [4.69, 9.17) is 0 Å². The van der Waals surface area contributed by atoms with Crippen LogP contribution in [-0.4, -0.2) is 41.8 Å². The fourth-order valence-electron chi connectivity index (χ4n) is 3.08. The topological polar surface area (TPSA) is 35.5 Å². The monoisotopic (exact) mass is 296 g/mol. The van der Waals surface area contributed by atoms with E-state index in [1.807, 2.05) is 12.1 Å². The van der Waals surface area contributed by atoms with Gasteiger partial charge in [0.1, 0.15) is 0 Å². The van der Waals surface area contributed by atoms with Gasteiger partial charge in [-0.3, -0.25) is 4.90 Å². The maximum atomic E-state index is 10.2. The highest BCUT2D eigenvalue weighted by molar-refractivity contribution is 5.16. The van der Waals surface area contributed by atoms with E-state index in [-0.39, 0.29) is 12.1 Å². The second kappa shape index (κ2) is 7.54. The minimum absolute atomic E-state index is 0.174. The van der Waals surface area contributed by atoms with E-state index in [9.17, 15) is 5.11 Å². The Bertz CT molecular complexity index is 558. The first-order valence-electron chi connectivity index (χ1n) is 8.03. The minimum atomic E-state index is -0.278. The number of nitrogens with zero attached hydrogens (tertiary/aromatic N) is 1. The molecule has 0 spiro atoms. The van der Waals surface area contributed by atoms with Crippen LogP contribution in [-0.2, 0) is 13.0 Å². The molecule has 3 nitrogen and oxygen atoms in total. The molecule has 2 N–H and O–H groups in total. The molecule has 1 heterocycles. The van der Waals surface area contributed by atoms with Gasteiger partial charge in [0, 0.05) is 25.7 Å². The number of hydrogen-bond donors (Lipinski definition) is 2. The summed E-state index contributed by atoms with van der Waals surface area (Å²) in [5, 5.41) is 13.7.